The van der Waals surface area contributed by atoms with E-state index in [-0.39, 0.29) is 5.91 Å². The number of aryl methyl sites for hydroxylation is 1. The van der Waals surface area contributed by atoms with Crippen molar-refractivity contribution >= 4 is 34.0 Å². The second kappa shape index (κ2) is 7.26. The molecule has 1 heterocycles. The van der Waals surface area contributed by atoms with Gasteiger partial charge in [0, 0.05) is 16.8 Å². The number of aromatic nitrogens is 1. The van der Waals surface area contributed by atoms with Gasteiger partial charge in [0.05, 0.1) is 12.2 Å². The van der Waals surface area contributed by atoms with Crippen LogP contribution in [0.5, 0.6) is 0 Å². The van der Waals surface area contributed by atoms with Gasteiger partial charge in [-0.1, -0.05) is 23.7 Å². The highest BCUT2D eigenvalue weighted by atomic mass is 35.5. The van der Waals surface area contributed by atoms with Crippen molar-refractivity contribution in [2.75, 3.05) is 5.73 Å². The molecule has 0 aliphatic rings. The summed E-state index contributed by atoms with van der Waals surface area (Å²) in [6, 6.07) is 7.70. The highest BCUT2D eigenvalue weighted by Gasteiger charge is 2.04. The maximum atomic E-state index is 11.7. The van der Waals surface area contributed by atoms with Crippen LogP contribution in [0.4, 0.5) is 5.13 Å². The second-order valence-electron chi connectivity index (χ2n) is 4.43. The van der Waals surface area contributed by atoms with E-state index in [0.29, 0.717) is 18.1 Å². The lowest BCUT2D eigenvalue weighted by molar-refractivity contribution is -0.121. The molecule has 106 valence electrons. The van der Waals surface area contributed by atoms with Crippen LogP contribution in [0.15, 0.2) is 29.6 Å². The number of carbonyl (C=O) groups excluding carboxylic acids is 1. The molecule has 0 saturated carbocycles. The maximum absolute atomic E-state index is 11.7. The largest absolute Gasteiger partial charge is 0.375 e. The summed E-state index contributed by atoms with van der Waals surface area (Å²) in [7, 11) is 0. The molecule has 0 radical (unpaired) electrons. The number of nitrogen functional groups attached to an aromatic ring is 1. The third-order valence-corrected chi connectivity index (χ3v) is 3.79. The summed E-state index contributed by atoms with van der Waals surface area (Å²) < 4.78 is 0. The van der Waals surface area contributed by atoms with Gasteiger partial charge in [-0.15, -0.1) is 11.3 Å². The second-order valence-corrected chi connectivity index (χ2v) is 5.76. The zero-order chi connectivity index (χ0) is 14.4. The summed E-state index contributed by atoms with van der Waals surface area (Å²) >= 11 is 7.20. The number of thiazole rings is 1. The number of nitrogens with zero attached hydrogens (tertiary/aromatic N) is 1. The number of hydrogen-bond donors (Lipinski definition) is 2. The van der Waals surface area contributed by atoms with Crippen molar-refractivity contribution in [3.63, 3.8) is 0 Å². The molecule has 1 amide bonds. The monoisotopic (exact) mass is 309 g/mol. The summed E-state index contributed by atoms with van der Waals surface area (Å²) in [5.41, 5.74) is 7.52. The molecule has 1 aromatic heterocycles. The number of halogens is 1. The number of benzene rings is 1. The molecule has 0 spiro atoms. The first kappa shape index (κ1) is 14.8. The first-order valence-electron chi connectivity index (χ1n) is 6.34. The van der Waals surface area contributed by atoms with Gasteiger partial charge in [-0.05, 0) is 30.5 Å². The van der Waals surface area contributed by atoms with Gasteiger partial charge in [-0.2, -0.15) is 0 Å². The third kappa shape index (κ3) is 4.83. The Morgan fingerprint density at radius 3 is 2.75 bits per heavy atom. The summed E-state index contributed by atoms with van der Waals surface area (Å²) in [4.78, 5) is 15.8. The van der Waals surface area contributed by atoms with Gasteiger partial charge in [0.25, 0.3) is 0 Å². The minimum atomic E-state index is 0.0329. The van der Waals surface area contributed by atoms with E-state index in [0.717, 1.165) is 23.6 Å². The number of carbonyl (C=O) groups is 1. The summed E-state index contributed by atoms with van der Waals surface area (Å²) in [5, 5.41) is 5.94. The van der Waals surface area contributed by atoms with Gasteiger partial charge >= 0.3 is 0 Å². The minimum absolute atomic E-state index is 0.0329. The molecule has 0 unspecified atom stereocenters. The number of amides is 1. The van der Waals surface area contributed by atoms with Crippen LogP contribution in [0.25, 0.3) is 0 Å². The third-order valence-electron chi connectivity index (χ3n) is 2.82. The minimum Gasteiger partial charge on any atom is -0.375 e. The molecule has 0 atom stereocenters. The first-order chi connectivity index (χ1) is 9.63. The Morgan fingerprint density at radius 1 is 1.35 bits per heavy atom. The fourth-order valence-electron chi connectivity index (χ4n) is 1.79. The van der Waals surface area contributed by atoms with E-state index in [1.807, 2.05) is 29.6 Å². The Hall–Kier alpha value is -1.59. The van der Waals surface area contributed by atoms with Crippen LogP contribution >= 0.6 is 22.9 Å². The average molecular weight is 310 g/mol. The van der Waals surface area contributed by atoms with Gasteiger partial charge in [-0.25, -0.2) is 4.98 Å². The lowest BCUT2D eigenvalue weighted by Crippen LogP contribution is -2.22. The van der Waals surface area contributed by atoms with Crippen LogP contribution in [0.1, 0.15) is 24.1 Å². The number of rotatable bonds is 6. The Bertz CT molecular complexity index is 568. The van der Waals surface area contributed by atoms with E-state index in [1.165, 1.54) is 16.9 Å². The lowest BCUT2D eigenvalue weighted by Gasteiger charge is -2.04. The number of anilines is 1. The molecule has 3 N–H and O–H groups in total. The quantitative estimate of drug-likeness (QED) is 0.862. The molecule has 6 heteroatoms. The Kier molecular flexibility index (Phi) is 5.38. The highest BCUT2D eigenvalue weighted by molar-refractivity contribution is 7.13. The Balaban J connectivity index is 1.66. The molecule has 0 saturated heterocycles. The normalized spacial score (nSPS) is 10.4. The molecule has 0 aliphatic carbocycles. The van der Waals surface area contributed by atoms with E-state index in [4.69, 9.17) is 17.3 Å². The van der Waals surface area contributed by atoms with Crippen molar-refractivity contribution in [1.82, 2.24) is 10.3 Å². The van der Waals surface area contributed by atoms with Crippen molar-refractivity contribution in [2.45, 2.75) is 25.8 Å². The smallest absolute Gasteiger partial charge is 0.220 e. The topological polar surface area (TPSA) is 68.0 Å². The van der Waals surface area contributed by atoms with Crippen molar-refractivity contribution < 1.29 is 4.79 Å². The van der Waals surface area contributed by atoms with Crippen LogP contribution in [-0.4, -0.2) is 10.9 Å². The Morgan fingerprint density at radius 2 is 2.10 bits per heavy atom. The zero-order valence-electron chi connectivity index (χ0n) is 10.9. The van der Waals surface area contributed by atoms with Crippen LogP contribution in [0.3, 0.4) is 0 Å². The number of hydrogen-bond acceptors (Lipinski definition) is 4. The Labute approximate surface area is 127 Å². The predicted octanol–water partition coefficient (Wildman–Crippen LogP) is 3.02. The molecular weight excluding hydrogens is 294 g/mol. The fraction of sp³-hybridized carbons (Fsp3) is 0.286. The van der Waals surface area contributed by atoms with Crippen LogP contribution < -0.4 is 11.1 Å². The van der Waals surface area contributed by atoms with E-state index in [2.05, 4.69) is 10.3 Å². The van der Waals surface area contributed by atoms with Crippen molar-refractivity contribution in [1.29, 1.82) is 0 Å². The van der Waals surface area contributed by atoms with Gasteiger partial charge < -0.3 is 11.1 Å². The zero-order valence-corrected chi connectivity index (χ0v) is 12.5. The molecule has 2 aromatic rings. The fourth-order valence-corrected chi connectivity index (χ4v) is 2.47. The number of nitrogens with two attached hydrogens (primary N) is 1. The van der Waals surface area contributed by atoms with Crippen molar-refractivity contribution in [3.05, 3.63) is 45.9 Å². The van der Waals surface area contributed by atoms with Gasteiger partial charge in [-0.3, -0.25) is 4.79 Å². The molecule has 2 rings (SSSR count). The molecule has 0 bridgehead atoms. The average Bonchev–Trinajstić information content (AvgIpc) is 2.85. The van der Waals surface area contributed by atoms with Gasteiger partial charge in [0.15, 0.2) is 5.13 Å². The molecular formula is C14H16ClN3OS. The molecule has 0 fully saturated rings. The van der Waals surface area contributed by atoms with E-state index in [9.17, 15) is 4.79 Å². The number of nitrogens with one attached hydrogen (secondary N) is 1. The summed E-state index contributed by atoms with van der Waals surface area (Å²) in [6.07, 6.45) is 2.18. The lowest BCUT2D eigenvalue weighted by atomic mass is 10.1. The SMILES string of the molecule is Nc1nc(CNC(=O)CCCc2ccc(Cl)cc2)cs1. The molecule has 20 heavy (non-hydrogen) atoms. The van der Waals surface area contributed by atoms with Crippen molar-refractivity contribution in [3.8, 4) is 0 Å². The molecule has 1 aromatic carbocycles. The molecule has 0 aliphatic heterocycles. The maximum Gasteiger partial charge on any atom is 0.220 e. The summed E-state index contributed by atoms with van der Waals surface area (Å²) in [6.45, 7) is 0.438. The van der Waals surface area contributed by atoms with E-state index < -0.39 is 0 Å². The van der Waals surface area contributed by atoms with Gasteiger partial charge in [0.1, 0.15) is 0 Å². The highest BCUT2D eigenvalue weighted by Crippen LogP contribution is 2.12. The van der Waals surface area contributed by atoms with E-state index in [1.54, 1.807) is 0 Å². The first-order valence-corrected chi connectivity index (χ1v) is 7.60. The van der Waals surface area contributed by atoms with Gasteiger partial charge in [0.2, 0.25) is 5.91 Å². The van der Waals surface area contributed by atoms with Crippen LogP contribution in [0, 0.1) is 0 Å². The standard InChI is InChI=1S/C14H16ClN3OS/c15-11-6-4-10(5-7-11)2-1-3-13(19)17-8-12-9-20-14(16)18-12/h4-7,9H,1-3,8H2,(H2,16,18)(H,17,19). The van der Waals surface area contributed by atoms with E-state index >= 15 is 0 Å². The van der Waals surface area contributed by atoms with Crippen molar-refractivity contribution in [2.24, 2.45) is 0 Å². The molecule has 4 nitrogen and oxygen atoms in total. The van der Waals surface area contributed by atoms with Crippen LogP contribution in [-0.2, 0) is 17.8 Å². The predicted molar refractivity (Wildman–Crippen MR) is 82.8 cm³/mol. The van der Waals surface area contributed by atoms with Crippen LogP contribution in [0.2, 0.25) is 5.02 Å². The summed E-state index contributed by atoms with van der Waals surface area (Å²) in [5.74, 6) is 0.0329.